The Balaban J connectivity index is 2.61. The predicted molar refractivity (Wildman–Crippen MR) is 78.6 cm³/mol. The number of aryl methyl sites for hydroxylation is 2. The Bertz CT molecular complexity index is 706. The Morgan fingerprint density at radius 3 is 2.68 bits per heavy atom. The van der Waals surface area contributed by atoms with Crippen LogP contribution in [0.3, 0.4) is 0 Å². The van der Waals surface area contributed by atoms with Crippen LogP contribution in [-0.4, -0.2) is 23.0 Å². The molecular weight excluding hydrogens is 304 g/mol. The van der Waals surface area contributed by atoms with Crippen LogP contribution in [0.4, 0.5) is 0 Å². The first kappa shape index (κ1) is 14.2. The maximum Gasteiger partial charge on any atom is 0.342 e. The van der Waals surface area contributed by atoms with E-state index in [1.165, 1.54) is 18.4 Å². The fourth-order valence-corrected chi connectivity index (χ4v) is 3.18. The molecule has 0 unspecified atom stereocenters. The van der Waals surface area contributed by atoms with E-state index in [1.54, 1.807) is 6.92 Å². The van der Waals surface area contributed by atoms with Gasteiger partial charge >= 0.3 is 5.97 Å². The van der Waals surface area contributed by atoms with Crippen molar-refractivity contribution in [2.75, 3.05) is 7.11 Å². The summed E-state index contributed by atoms with van der Waals surface area (Å²) in [6, 6.07) is 0. The lowest BCUT2D eigenvalue weighted by Gasteiger charge is -2.06. The number of thiophene rings is 1. The number of ether oxygens (including phenoxy) is 1. The summed E-state index contributed by atoms with van der Waals surface area (Å²) >= 11 is 12.8. The minimum absolute atomic E-state index is 0.209. The molecule has 0 atom stereocenters. The number of aromatic amines is 1. The van der Waals surface area contributed by atoms with Crippen molar-refractivity contribution >= 4 is 41.1 Å². The number of nitrogens with zero attached hydrogens (tertiary/aromatic N) is 1. The Hall–Kier alpha value is -1.24. The molecule has 2 aromatic heterocycles. The standard InChI is InChI=1S/C12H11ClN2O2S2/c1-5-4-19-9(8(5)13)10-14-6(2)7(11(18)15-10)12(16)17-3/h4H,1-3H3,(H,14,15,18). The number of rotatable bonds is 2. The minimum Gasteiger partial charge on any atom is -0.465 e. The van der Waals surface area contributed by atoms with Gasteiger partial charge < -0.3 is 9.72 Å². The number of H-pyrrole nitrogens is 1. The van der Waals surface area contributed by atoms with Gasteiger partial charge in [-0.2, -0.15) is 0 Å². The van der Waals surface area contributed by atoms with Crippen LogP contribution >= 0.6 is 35.2 Å². The smallest absolute Gasteiger partial charge is 0.342 e. The van der Waals surface area contributed by atoms with Crippen molar-refractivity contribution in [3.63, 3.8) is 0 Å². The van der Waals surface area contributed by atoms with Crippen LogP contribution in [0.15, 0.2) is 5.38 Å². The second-order valence-corrected chi connectivity index (χ2v) is 5.59. The van der Waals surface area contributed by atoms with Gasteiger partial charge in [-0.25, -0.2) is 9.78 Å². The number of hydrogen-bond acceptors (Lipinski definition) is 5. The van der Waals surface area contributed by atoms with E-state index in [0.29, 0.717) is 16.5 Å². The number of aromatic nitrogens is 2. The van der Waals surface area contributed by atoms with Gasteiger partial charge in [-0.05, 0) is 24.8 Å². The topological polar surface area (TPSA) is 55.0 Å². The SMILES string of the molecule is COC(=O)c1c(C)[nH]c(-c2scc(C)c2Cl)nc1=S. The van der Waals surface area contributed by atoms with Crippen LogP contribution < -0.4 is 0 Å². The first-order valence-corrected chi connectivity index (χ1v) is 7.05. The summed E-state index contributed by atoms with van der Waals surface area (Å²) in [5, 5.41) is 2.59. The van der Waals surface area contributed by atoms with E-state index in [4.69, 9.17) is 23.8 Å². The summed E-state index contributed by atoms with van der Waals surface area (Å²) in [5.74, 6) is 0.0736. The monoisotopic (exact) mass is 314 g/mol. The third kappa shape index (κ3) is 2.56. The van der Waals surface area contributed by atoms with Crippen molar-refractivity contribution in [3.05, 3.63) is 31.9 Å². The second-order valence-electron chi connectivity index (χ2n) is 3.94. The highest BCUT2D eigenvalue weighted by molar-refractivity contribution is 7.71. The van der Waals surface area contributed by atoms with Crippen LogP contribution in [-0.2, 0) is 4.74 Å². The molecule has 0 aliphatic rings. The van der Waals surface area contributed by atoms with Gasteiger partial charge in [0.25, 0.3) is 0 Å². The van der Waals surface area contributed by atoms with Crippen molar-refractivity contribution in [3.8, 4) is 10.7 Å². The quantitative estimate of drug-likeness (QED) is 0.674. The third-order valence-corrected chi connectivity index (χ3v) is 4.61. The van der Waals surface area contributed by atoms with E-state index < -0.39 is 5.97 Å². The fourth-order valence-electron chi connectivity index (χ4n) is 1.63. The van der Waals surface area contributed by atoms with Crippen molar-refractivity contribution in [1.29, 1.82) is 0 Å². The minimum atomic E-state index is -0.494. The molecule has 0 saturated carbocycles. The number of methoxy groups -OCH3 is 1. The summed E-state index contributed by atoms with van der Waals surface area (Å²) in [7, 11) is 1.31. The Kier molecular flexibility index (Phi) is 4.03. The van der Waals surface area contributed by atoms with E-state index in [0.717, 1.165) is 10.4 Å². The van der Waals surface area contributed by atoms with Crippen molar-refractivity contribution in [1.82, 2.24) is 9.97 Å². The predicted octanol–water partition coefficient (Wildman–Crippen LogP) is 3.92. The first-order valence-electron chi connectivity index (χ1n) is 5.39. The number of carbonyl (C=O) groups excluding carboxylic acids is 1. The van der Waals surface area contributed by atoms with Crippen molar-refractivity contribution in [2.24, 2.45) is 0 Å². The summed E-state index contributed by atoms with van der Waals surface area (Å²) in [6.07, 6.45) is 0. The number of esters is 1. The molecular formula is C12H11ClN2O2S2. The molecule has 7 heteroatoms. The Labute approximate surface area is 124 Å². The third-order valence-electron chi connectivity index (χ3n) is 2.61. The first-order chi connectivity index (χ1) is 8.95. The molecule has 2 rings (SSSR count). The van der Waals surface area contributed by atoms with Gasteiger partial charge in [-0.3, -0.25) is 0 Å². The van der Waals surface area contributed by atoms with Gasteiger partial charge in [-0.1, -0.05) is 23.8 Å². The van der Waals surface area contributed by atoms with Crippen LogP contribution in [0.25, 0.3) is 10.7 Å². The largest absolute Gasteiger partial charge is 0.465 e. The summed E-state index contributed by atoms with van der Waals surface area (Å²) in [5.41, 5.74) is 1.88. The van der Waals surface area contributed by atoms with Gasteiger partial charge in [0.1, 0.15) is 10.2 Å². The normalized spacial score (nSPS) is 10.5. The van der Waals surface area contributed by atoms with Crippen LogP contribution in [0.2, 0.25) is 5.02 Å². The molecule has 1 N–H and O–H groups in total. The van der Waals surface area contributed by atoms with Crippen molar-refractivity contribution in [2.45, 2.75) is 13.8 Å². The molecule has 0 aromatic carbocycles. The molecule has 0 bridgehead atoms. The molecule has 0 amide bonds. The van der Waals surface area contributed by atoms with E-state index in [-0.39, 0.29) is 10.2 Å². The molecule has 2 heterocycles. The fraction of sp³-hybridized carbons (Fsp3) is 0.250. The Morgan fingerprint density at radius 2 is 2.21 bits per heavy atom. The zero-order valence-corrected chi connectivity index (χ0v) is 12.9. The molecule has 4 nitrogen and oxygen atoms in total. The molecule has 100 valence electrons. The molecule has 19 heavy (non-hydrogen) atoms. The molecule has 0 aliphatic heterocycles. The van der Waals surface area contributed by atoms with Gasteiger partial charge in [-0.15, -0.1) is 11.3 Å². The summed E-state index contributed by atoms with van der Waals surface area (Å²) in [4.78, 5) is 19.7. The van der Waals surface area contributed by atoms with Gasteiger partial charge in [0, 0.05) is 5.69 Å². The zero-order valence-electron chi connectivity index (χ0n) is 10.5. The van der Waals surface area contributed by atoms with E-state index in [1.807, 2.05) is 12.3 Å². The number of nitrogens with one attached hydrogen (secondary N) is 1. The van der Waals surface area contributed by atoms with Gasteiger partial charge in [0.05, 0.1) is 17.0 Å². The van der Waals surface area contributed by atoms with Crippen LogP contribution in [0.5, 0.6) is 0 Å². The lowest BCUT2D eigenvalue weighted by Crippen LogP contribution is -2.08. The van der Waals surface area contributed by atoms with Crippen molar-refractivity contribution < 1.29 is 9.53 Å². The average Bonchev–Trinajstić information content (AvgIpc) is 2.68. The Morgan fingerprint density at radius 1 is 1.53 bits per heavy atom. The van der Waals surface area contributed by atoms with E-state index in [9.17, 15) is 4.79 Å². The number of carbonyl (C=O) groups is 1. The lowest BCUT2D eigenvalue weighted by molar-refractivity contribution is 0.0598. The lowest BCUT2D eigenvalue weighted by atomic mass is 10.2. The van der Waals surface area contributed by atoms with Crippen LogP contribution in [0.1, 0.15) is 21.6 Å². The van der Waals surface area contributed by atoms with Crippen LogP contribution in [0, 0.1) is 18.5 Å². The molecule has 0 saturated heterocycles. The molecule has 0 aliphatic carbocycles. The summed E-state index contributed by atoms with van der Waals surface area (Å²) in [6.45, 7) is 3.67. The maximum absolute atomic E-state index is 11.6. The van der Waals surface area contributed by atoms with Gasteiger partial charge in [0.2, 0.25) is 0 Å². The van der Waals surface area contributed by atoms with E-state index in [2.05, 4.69) is 14.7 Å². The second kappa shape index (κ2) is 5.40. The van der Waals surface area contributed by atoms with Gasteiger partial charge in [0.15, 0.2) is 5.82 Å². The zero-order chi connectivity index (χ0) is 14.2. The average molecular weight is 315 g/mol. The molecule has 0 spiro atoms. The molecule has 2 aromatic rings. The molecule has 0 fully saturated rings. The number of halogens is 1. The highest BCUT2D eigenvalue weighted by Crippen LogP contribution is 2.34. The summed E-state index contributed by atoms with van der Waals surface area (Å²) < 4.78 is 4.89. The highest BCUT2D eigenvalue weighted by Gasteiger charge is 2.17. The highest BCUT2D eigenvalue weighted by atomic mass is 35.5. The number of hydrogen-bond donors (Lipinski definition) is 1. The maximum atomic E-state index is 11.6. The molecule has 0 radical (unpaired) electrons. The van der Waals surface area contributed by atoms with E-state index >= 15 is 0 Å².